The van der Waals surface area contributed by atoms with Gasteiger partial charge in [-0.2, -0.15) is 0 Å². The van der Waals surface area contributed by atoms with Gasteiger partial charge in [-0.05, 0) is 61.5 Å². The molecule has 1 heterocycles. The second-order valence-electron chi connectivity index (χ2n) is 6.09. The van der Waals surface area contributed by atoms with Gasteiger partial charge in [-0.1, -0.05) is 24.3 Å². The lowest BCUT2D eigenvalue weighted by atomic mass is 10.1. The van der Waals surface area contributed by atoms with Crippen LogP contribution in [0.15, 0.2) is 48.0 Å². The highest BCUT2D eigenvalue weighted by Gasteiger charge is 2.35. The molecule has 0 unspecified atom stereocenters. The Morgan fingerprint density at radius 2 is 1.89 bits per heavy atom. The number of ether oxygens (including phenoxy) is 2. The van der Waals surface area contributed by atoms with Gasteiger partial charge in [-0.15, -0.1) is 0 Å². The molecule has 1 fully saturated rings. The molecule has 3 rings (SSSR count). The van der Waals surface area contributed by atoms with Gasteiger partial charge < -0.3 is 9.47 Å². The number of nitrogens with zero attached hydrogens (tertiary/aromatic N) is 1. The summed E-state index contributed by atoms with van der Waals surface area (Å²) in [7, 11) is 1.53. The fourth-order valence-electron chi connectivity index (χ4n) is 2.91. The molecule has 1 N–H and O–H groups in total. The molecule has 7 heteroatoms. The highest BCUT2D eigenvalue weighted by Crippen LogP contribution is 2.30. The molecule has 0 bridgehead atoms. The first-order valence-electron chi connectivity index (χ1n) is 8.74. The van der Waals surface area contributed by atoms with E-state index in [2.05, 4.69) is 5.32 Å². The Balaban J connectivity index is 2.01. The number of nitrogens with one attached hydrogen (secondary N) is 1. The van der Waals surface area contributed by atoms with Crippen molar-refractivity contribution < 1.29 is 19.1 Å². The highest BCUT2D eigenvalue weighted by atomic mass is 32.1. The van der Waals surface area contributed by atoms with Gasteiger partial charge in [0.1, 0.15) is 5.57 Å². The number of hydrogen-bond donors (Lipinski definition) is 1. The third-order valence-corrected chi connectivity index (χ3v) is 4.54. The maximum Gasteiger partial charge on any atom is 0.270 e. The zero-order chi connectivity index (χ0) is 20.3. The number of methoxy groups -OCH3 is 1. The van der Waals surface area contributed by atoms with Crippen molar-refractivity contribution in [2.24, 2.45) is 0 Å². The van der Waals surface area contributed by atoms with Gasteiger partial charge in [-0.3, -0.25) is 19.8 Å². The average Bonchev–Trinajstić information content (AvgIpc) is 2.67. The SMILES string of the molecule is CCOc1ccc(/C=C2\C(=O)NC(=S)N(c3ccccc3C)C2=O)cc1OC. The Labute approximate surface area is 168 Å². The van der Waals surface area contributed by atoms with Crippen molar-refractivity contribution in [2.45, 2.75) is 13.8 Å². The van der Waals surface area contributed by atoms with Gasteiger partial charge in [-0.25, -0.2) is 0 Å². The number of carbonyl (C=O) groups is 2. The molecule has 144 valence electrons. The average molecular weight is 396 g/mol. The molecule has 2 amide bonds. The minimum absolute atomic E-state index is 0.0110. The van der Waals surface area contributed by atoms with Crippen LogP contribution >= 0.6 is 12.2 Å². The van der Waals surface area contributed by atoms with Crippen LogP contribution in [0.2, 0.25) is 0 Å². The number of benzene rings is 2. The van der Waals surface area contributed by atoms with Crippen molar-refractivity contribution in [1.82, 2.24) is 5.32 Å². The van der Waals surface area contributed by atoms with Crippen molar-refractivity contribution in [1.29, 1.82) is 0 Å². The summed E-state index contributed by atoms with van der Waals surface area (Å²) in [4.78, 5) is 26.9. The number of amides is 2. The molecule has 0 atom stereocenters. The minimum atomic E-state index is -0.535. The second kappa shape index (κ2) is 8.22. The molecule has 0 radical (unpaired) electrons. The van der Waals surface area contributed by atoms with Crippen LogP contribution in [0.3, 0.4) is 0 Å². The Morgan fingerprint density at radius 1 is 1.14 bits per heavy atom. The standard InChI is InChI=1S/C21H20N2O4S/c1-4-27-17-10-9-14(12-18(17)26-3)11-15-19(24)22-21(28)23(20(15)25)16-8-6-5-7-13(16)2/h5-12H,4H2,1-3H3,(H,22,24,28)/b15-11+. The zero-order valence-corrected chi connectivity index (χ0v) is 16.6. The molecule has 0 saturated carbocycles. The Morgan fingerprint density at radius 3 is 2.57 bits per heavy atom. The van der Waals surface area contributed by atoms with E-state index in [0.717, 1.165) is 5.56 Å². The monoisotopic (exact) mass is 396 g/mol. The first-order chi connectivity index (χ1) is 13.5. The quantitative estimate of drug-likeness (QED) is 0.477. The molecular formula is C21H20N2O4S. The summed E-state index contributed by atoms with van der Waals surface area (Å²) in [6, 6.07) is 12.6. The first-order valence-corrected chi connectivity index (χ1v) is 9.15. The van der Waals surface area contributed by atoms with Crippen LogP contribution < -0.4 is 19.7 Å². The molecule has 6 nitrogen and oxygen atoms in total. The largest absolute Gasteiger partial charge is 0.493 e. The van der Waals surface area contributed by atoms with Gasteiger partial charge >= 0.3 is 0 Å². The summed E-state index contributed by atoms with van der Waals surface area (Å²) in [6.45, 7) is 4.26. The molecule has 2 aromatic rings. The van der Waals surface area contributed by atoms with Crippen molar-refractivity contribution in [3.63, 3.8) is 0 Å². The third kappa shape index (κ3) is 3.75. The van der Waals surface area contributed by atoms with Gasteiger partial charge in [0.25, 0.3) is 11.8 Å². The molecule has 2 aromatic carbocycles. The lowest BCUT2D eigenvalue weighted by Gasteiger charge is -2.30. The van der Waals surface area contributed by atoms with Crippen molar-refractivity contribution in [2.75, 3.05) is 18.6 Å². The van der Waals surface area contributed by atoms with Crippen molar-refractivity contribution in [3.8, 4) is 11.5 Å². The number of anilines is 1. The van der Waals surface area contributed by atoms with Gasteiger partial charge in [0, 0.05) is 0 Å². The van der Waals surface area contributed by atoms with E-state index >= 15 is 0 Å². The first kappa shape index (κ1) is 19.6. The van der Waals surface area contributed by atoms with Crippen LogP contribution in [0.5, 0.6) is 11.5 Å². The molecule has 1 aliphatic heterocycles. The van der Waals surface area contributed by atoms with Crippen LogP contribution in [-0.4, -0.2) is 30.6 Å². The van der Waals surface area contributed by atoms with Crippen LogP contribution in [0.4, 0.5) is 5.69 Å². The van der Waals surface area contributed by atoms with Crippen LogP contribution in [0, 0.1) is 6.92 Å². The Kier molecular flexibility index (Phi) is 5.75. The predicted molar refractivity (Wildman–Crippen MR) is 112 cm³/mol. The molecule has 1 saturated heterocycles. The molecule has 0 aromatic heterocycles. The predicted octanol–water partition coefficient (Wildman–Crippen LogP) is 3.23. The lowest BCUT2D eigenvalue weighted by molar-refractivity contribution is -0.122. The fourth-order valence-corrected chi connectivity index (χ4v) is 3.18. The van der Waals surface area contributed by atoms with E-state index in [1.807, 2.05) is 32.0 Å². The van der Waals surface area contributed by atoms with Crippen LogP contribution in [0.1, 0.15) is 18.1 Å². The van der Waals surface area contributed by atoms with Crippen molar-refractivity contribution in [3.05, 3.63) is 59.2 Å². The molecular weight excluding hydrogens is 376 g/mol. The van der Waals surface area contributed by atoms with Gasteiger partial charge in [0.2, 0.25) is 0 Å². The van der Waals surface area contributed by atoms with E-state index < -0.39 is 11.8 Å². The molecule has 28 heavy (non-hydrogen) atoms. The number of rotatable bonds is 5. The normalized spacial score (nSPS) is 15.6. The van der Waals surface area contributed by atoms with E-state index in [4.69, 9.17) is 21.7 Å². The van der Waals surface area contributed by atoms with Crippen molar-refractivity contribution >= 4 is 40.9 Å². The van der Waals surface area contributed by atoms with E-state index in [1.54, 1.807) is 24.3 Å². The van der Waals surface area contributed by atoms with E-state index in [9.17, 15) is 9.59 Å². The number of thiocarbonyl (C=S) groups is 1. The lowest BCUT2D eigenvalue weighted by Crippen LogP contribution is -2.54. The highest BCUT2D eigenvalue weighted by molar-refractivity contribution is 7.80. The molecule has 0 spiro atoms. The molecule has 0 aliphatic carbocycles. The Bertz CT molecular complexity index is 984. The summed E-state index contributed by atoms with van der Waals surface area (Å²) in [6.07, 6.45) is 1.52. The zero-order valence-electron chi connectivity index (χ0n) is 15.8. The maximum absolute atomic E-state index is 13.1. The smallest absolute Gasteiger partial charge is 0.270 e. The summed E-state index contributed by atoms with van der Waals surface area (Å²) in [5.74, 6) is 0.101. The van der Waals surface area contributed by atoms with E-state index in [1.165, 1.54) is 18.1 Å². The van der Waals surface area contributed by atoms with E-state index in [0.29, 0.717) is 29.4 Å². The van der Waals surface area contributed by atoms with E-state index in [-0.39, 0.29) is 10.7 Å². The summed E-state index contributed by atoms with van der Waals surface area (Å²) >= 11 is 5.24. The summed E-state index contributed by atoms with van der Waals surface area (Å²) < 4.78 is 10.8. The Hall–Kier alpha value is -3.19. The van der Waals surface area contributed by atoms with Crippen LogP contribution in [-0.2, 0) is 9.59 Å². The topological polar surface area (TPSA) is 67.9 Å². The molecule has 1 aliphatic rings. The number of hydrogen-bond acceptors (Lipinski definition) is 5. The maximum atomic E-state index is 13.1. The number of carbonyl (C=O) groups excluding carboxylic acids is 2. The second-order valence-corrected chi connectivity index (χ2v) is 6.47. The third-order valence-electron chi connectivity index (χ3n) is 4.26. The minimum Gasteiger partial charge on any atom is -0.493 e. The van der Waals surface area contributed by atoms with Crippen LogP contribution in [0.25, 0.3) is 6.08 Å². The summed E-state index contributed by atoms with van der Waals surface area (Å²) in [5.41, 5.74) is 2.13. The fraction of sp³-hybridized carbons (Fsp3) is 0.190. The number of aryl methyl sites for hydroxylation is 1. The summed E-state index contributed by atoms with van der Waals surface area (Å²) in [5, 5.41) is 2.65. The van der Waals surface area contributed by atoms with Gasteiger partial charge in [0.05, 0.1) is 19.4 Å². The number of para-hydroxylation sites is 1. The van der Waals surface area contributed by atoms with Gasteiger partial charge in [0.15, 0.2) is 16.6 Å².